The van der Waals surface area contributed by atoms with Crippen LogP contribution >= 0.6 is 0 Å². The summed E-state index contributed by atoms with van der Waals surface area (Å²) in [5, 5.41) is 3.25. The van der Waals surface area contributed by atoms with Crippen molar-refractivity contribution in [3.05, 3.63) is 18.3 Å². The van der Waals surface area contributed by atoms with E-state index < -0.39 is 0 Å². The Morgan fingerprint density at radius 3 is 2.75 bits per heavy atom. The van der Waals surface area contributed by atoms with Crippen LogP contribution in [0.25, 0.3) is 0 Å². The molecule has 16 heavy (non-hydrogen) atoms. The average Bonchev–Trinajstić information content (AvgIpc) is 2.26. The van der Waals surface area contributed by atoms with Crippen LogP contribution in [0.3, 0.4) is 0 Å². The van der Waals surface area contributed by atoms with Crippen LogP contribution < -0.4 is 10.1 Å². The lowest BCUT2D eigenvalue weighted by Gasteiger charge is -2.18. The molecular weight excluding hydrogens is 200 g/mol. The molecule has 0 aliphatic heterocycles. The summed E-state index contributed by atoms with van der Waals surface area (Å²) in [6, 6.07) is 3.85. The molecule has 0 bridgehead atoms. The first kappa shape index (κ1) is 12.8. The van der Waals surface area contributed by atoms with E-state index in [4.69, 9.17) is 4.74 Å². The summed E-state index contributed by atoms with van der Waals surface area (Å²) in [5.41, 5.74) is 0. The first-order valence-corrected chi connectivity index (χ1v) is 6.00. The van der Waals surface area contributed by atoms with Gasteiger partial charge in [-0.15, -0.1) is 0 Å². The number of pyridine rings is 1. The van der Waals surface area contributed by atoms with E-state index >= 15 is 0 Å². The summed E-state index contributed by atoms with van der Waals surface area (Å²) in [7, 11) is 0. The zero-order valence-electron chi connectivity index (χ0n) is 10.7. The molecule has 3 heteroatoms. The summed E-state index contributed by atoms with van der Waals surface area (Å²) >= 11 is 0. The Bertz CT molecular complexity index is 313. The lowest BCUT2D eigenvalue weighted by atomic mass is 10.1. The van der Waals surface area contributed by atoms with Gasteiger partial charge in [-0.1, -0.05) is 20.8 Å². The molecule has 1 atom stereocenters. The molecule has 0 aliphatic carbocycles. The van der Waals surface area contributed by atoms with E-state index in [1.54, 1.807) is 6.20 Å². The van der Waals surface area contributed by atoms with Gasteiger partial charge in [-0.05, 0) is 25.3 Å². The predicted molar refractivity (Wildman–Crippen MR) is 67.9 cm³/mol. The molecule has 0 saturated heterocycles. The molecule has 1 unspecified atom stereocenters. The maximum absolute atomic E-state index is 5.82. The highest BCUT2D eigenvalue weighted by Crippen LogP contribution is 2.18. The third kappa shape index (κ3) is 4.09. The monoisotopic (exact) mass is 222 g/mol. The number of rotatable bonds is 6. The minimum Gasteiger partial charge on any atom is -0.490 e. The van der Waals surface area contributed by atoms with E-state index in [9.17, 15) is 0 Å². The van der Waals surface area contributed by atoms with Crippen LogP contribution in [0, 0.1) is 5.92 Å². The van der Waals surface area contributed by atoms with Gasteiger partial charge in [-0.2, -0.15) is 0 Å². The summed E-state index contributed by atoms with van der Waals surface area (Å²) in [4.78, 5) is 4.24. The molecule has 0 saturated carbocycles. The maximum atomic E-state index is 5.82. The predicted octanol–water partition coefficient (Wildman–Crippen LogP) is 3.33. The SMILES string of the molecule is CCCNc1cc(OC(C)C(C)C)ccn1. The first-order chi connectivity index (χ1) is 7.63. The lowest BCUT2D eigenvalue weighted by molar-refractivity contribution is 0.170. The lowest BCUT2D eigenvalue weighted by Crippen LogP contribution is -2.18. The fourth-order valence-corrected chi connectivity index (χ4v) is 1.18. The Kier molecular flexibility index (Phi) is 5.09. The molecule has 0 radical (unpaired) electrons. The molecule has 0 fully saturated rings. The molecule has 1 heterocycles. The van der Waals surface area contributed by atoms with E-state index in [-0.39, 0.29) is 6.10 Å². The van der Waals surface area contributed by atoms with Gasteiger partial charge in [-0.3, -0.25) is 0 Å². The molecule has 0 aromatic carbocycles. The van der Waals surface area contributed by atoms with Crippen molar-refractivity contribution in [1.29, 1.82) is 0 Å². The normalized spacial score (nSPS) is 12.6. The van der Waals surface area contributed by atoms with Gasteiger partial charge in [-0.25, -0.2) is 4.98 Å². The van der Waals surface area contributed by atoms with E-state index in [1.165, 1.54) is 0 Å². The van der Waals surface area contributed by atoms with Crippen LogP contribution in [0.4, 0.5) is 5.82 Å². The van der Waals surface area contributed by atoms with Crippen LogP contribution in [0.15, 0.2) is 18.3 Å². The van der Waals surface area contributed by atoms with Gasteiger partial charge < -0.3 is 10.1 Å². The zero-order valence-corrected chi connectivity index (χ0v) is 10.7. The molecule has 0 amide bonds. The Labute approximate surface area is 98.2 Å². The first-order valence-electron chi connectivity index (χ1n) is 6.00. The van der Waals surface area contributed by atoms with Gasteiger partial charge >= 0.3 is 0 Å². The number of ether oxygens (including phenoxy) is 1. The van der Waals surface area contributed by atoms with Crippen molar-refractivity contribution in [1.82, 2.24) is 4.98 Å². The smallest absolute Gasteiger partial charge is 0.129 e. The van der Waals surface area contributed by atoms with Crippen LogP contribution in [-0.2, 0) is 0 Å². The van der Waals surface area contributed by atoms with Gasteiger partial charge in [0.25, 0.3) is 0 Å². The summed E-state index contributed by atoms with van der Waals surface area (Å²) in [6.45, 7) is 9.47. The number of nitrogens with one attached hydrogen (secondary N) is 1. The van der Waals surface area contributed by atoms with E-state index in [2.05, 4.69) is 38.0 Å². The van der Waals surface area contributed by atoms with Gasteiger partial charge in [0, 0.05) is 18.8 Å². The second kappa shape index (κ2) is 6.36. The van der Waals surface area contributed by atoms with E-state index in [0.29, 0.717) is 5.92 Å². The second-order valence-corrected chi connectivity index (χ2v) is 4.37. The fourth-order valence-electron chi connectivity index (χ4n) is 1.18. The number of hydrogen-bond donors (Lipinski definition) is 1. The summed E-state index contributed by atoms with van der Waals surface area (Å²) in [6.07, 6.45) is 3.09. The highest BCUT2D eigenvalue weighted by molar-refractivity contribution is 5.40. The van der Waals surface area contributed by atoms with Crippen LogP contribution in [0.1, 0.15) is 34.1 Å². The molecule has 1 aromatic heterocycles. The van der Waals surface area contributed by atoms with Crippen LogP contribution in [0.2, 0.25) is 0 Å². The average molecular weight is 222 g/mol. The van der Waals surface area contributed by atoms with Crippen molar-refractivity contribution in [2.24, 2.45) is 5.92 Å². The van der Waals surface area contributed by atoms with Crippen molar-refractivity contribution in [3.63, 3.8) is 0 Å². The quantitative estimate of drug-likeness (QED) is 0.801. The van der Waals surface area contributed by atoms with Gasteiger partial charge in [0.2, 0.25) is 0 Å². The third-order valence-electron chi connectivity index (χ3n) is 2.55. The number of aromatic nitrogens is 1. The molecular formula is C13H22N2O. The summed E-state index contributed by atoms with van der Waals surface area (Å²) in [5.74, 6) is 2.28. The summed E-state index contributed by atoms with van der Waals surface area (Å²) < 4.78 is 5.82. The number of nitrogens with zero attached hydrogens (tertiary/aromatic N) is 1. The molecule has 90 valence electrons. The molecule has 0 aliphatic rings. The Morgan fingerprint density at radius 1 is 1.38 bits per heavy atom. The van der Waals surface area contributed by atoms with Crippen molar-refractivity contribution in [2.75, 3.05) is 11.9 Å². The van der Waals surface area contributed by atoms with Crippen LogP contribution in [0.5, 0.6) is 5.75 Å². The minimum atomic E-state index is 0.224. The Morgan fingerprint density at radius 2 is 2.12 bits per heavy atom. The largest absolute Gasteiger partial charge is 0.490 e. The highest BCUT2D eigenvalue weighted by atomic mass is 16.5. The highest BCUT2D eigenvalue weighted by Gasteiger charge is 2.08. The molecule has 3 nitrogen and oxygen atoms in total. The fraction of sp³-hybridized carbons (Fsp3) is 0.615. The van der Waals surface area contributed by atoms with E-state index in [0.717, 1.165) is 24.5 Å². The Balaban J connectivity index is 2.59. The van der Waals surface area contributed by atoms with Crippen LogP contribution in [-0.4, -0.2) is 17.6 Å². The van der Waals surface area contributed by atoms with Gasteiger partial charge in [0.1, 0.15) is 11.6 Å². The van der Waals surface area contributed by atoms with Crippen molar-refractivity contribution < 1.29 is 4.74 Å². The minimum absolute atomic E-state index is 0.224. The van der Waals surface area contributed by atoms with Crippen molar-refractivity contribution in [2.45, 2.75) is 40.2 Å². The van der Waals surface area contributed by atoms with Gasteiger partial charge in [0.05, 0.1) is 6.10 Å². The molecule has 1 aromatic rings. The zero-order chi connectivity index (χ0) is 12.0. The topological polar surface area (TPSA) is 34.1 Å². The molecule has 1 rings (SSSR count). The van der Waals surface area contributed by atoms with E-state index in [1.807, 2.05) is 12.1 Å². The van der Waals surface area contributed by atoms with Gasteiger partial charge in [0.15, 0.2) is 0 Å². The molecule has 0 spiro atoms. The standard InChI is InChI=1S/C13H22N2O/c1-5-7-14-13-9-12(6-8-15-13)16-11(4)10(2)3/h6,8-11H,5,7H2,1-4H3,(H,14,15). The third-order valence-corrected chi connectivity index (χ3v) is 2.55. The number of anilines is 1. The van der Waals surface area contributed by atoms with Crippen molar-refractivity contribution >= 4 is 5.82 Å². The number of hydrogen-bond acceptors (Lipinski definition) is 3. The Hall–Kier alpha value is -1.25. The molecule has 1 N–H and O–H groups in total. The second-order valence-electron chi connectivity index (χ2n) is 4.37. The maximum Gasteiger partial charge on any atom is 0.129 e. The van der Waals surface area contributed by atoms with Crippen molar-refractivity contribution in [3.8, 4) is 5.75 Å².